The second-order valence-electron chi connectivity index (χ2n) is 7.46. The molecule has 0 atom stereocenters. The lowest BCUT2D eigenvalue weighted by molar-refractivity contribution is -0.110. The van der Waals surface area contributed by atoms with Gasteiger partial charge in [-0.1, -0.05) is 27.5 Å². The van der Waals surface area contributed by atoms with Gasteiger partial charge in [-0.15, -0.1) is 11.3 Å². The molecular formula is C23H17BrClN3O2S. The molecule has 2 aromatic carbocycles. The molecule has 0 unspecified atom stereocenters. The molecule has 31 heavy (non-hydrogen) atoms. The van der Waals surface area contributed by atoms with Crippen molar-refractivity contribution in [3.8, 4) is 0 Å². The molecule has 3 aromatic rings. The summed E-state index contributed by atoms with van der Waals surface area (Å²) in [6.45, 7) is 0. The molecule has 5 rings (SSSR count). The van der Waals surface area contributed by atoms with Crippen LogP contribution in [-0.4, -0.2) is 17.5 Å². The SMILES string of the molecule is O=C1Nc2ccc(Br)cc2C1=Nc1sc2c(c1C(=O)Nc1ccc(Cl)cc1)CCCC2. The van der Waals surface area contributed by atoms with Crippen molar-refractivity contribution in [3.05, 3.63) is 73.5 Å². The average Bonchev–Trinajstić information content (AvgIpc) is 3.27. The summed E-state index contributed by atoms with van der Waals surface area (Å²) in [5.74, 6) is -0.475. The van der Waals surface area contributed by atoms with E-state index < -0.39 is 0 Å². The maximum Gasteiger partial charge on any atom is 0.275 e. The highest BCUT2D eigenvalue weighted by atomic mass is 79.9. The van der Waals surface area contributed by atoms with Crippen molar-refractivity contribution < 1.29 is 9.59 Å². The van der Waals surface area contributed by atoms with Crippen LogP contribution in [0.4, 0.5) is 16.4 Å². The first kappa shape index (κ1) is 20.4. The van der Waals surface area contributed by atoms with Gasteiger partial charge in [0.05, 0.1) is 11.3 Å². The Kier molecular flexibility index (Phi) is 5.42. The van der Waals surface area contributed by atoms with E-state index in [1.807, 2.05) is 18.2 Å². The number of nitrogens with one attached hydrogen (secondary N) is 2. The van der Waals surface area contributed by atoms with E-state index in [4.69, 9.17) is 16.6 Å². The summed E-state index contributed by atoms with van der Waals surface area (Å²) in [7, 11) is 0. The molecule has 2 heterocycles. The number of aliphatic imine (C=N–C) groups is 1. The van der Waals surface area contributed by atoms with Gasteiger partial charge in [0, 0.05) is 25.6 Å². The lowest BCUT2D eigenvalue weighted by atomic mass is 9.95. The predicted octanol–water partition coefficient (Wildman–Crippen LogP) is 6.37. The Labute approximate surface area is 196 Å². The van der Waals surface area contributed by atoms with Gasteiger partial charge in [-0.2, -0.15) is 0 Å². The zero-order chi connectivity index (χ0) is 21.5. The molecule has 2 aliphatic rings. The van der Waals surface area contributed by atoms with Crippen LogP contribution in [-0.2, 0) is 17.6 Å². The third-order valence-corrected chi connectivity index (χ3v) is 7.33. The molecule has 2 N–H and O–H groups in total. The van der Waals surface area contributed by atoms with Gasteiger partial charge in [0.2, 0.25) is 0 Å². The minimum absolute atomic E-state index is 0.214. The van der Waals surface area contributed by atoms with Crippen LogP contribution in [0.25, 0.3) is 0 Å². The van der Waals surface area contributed by atoms with E-state index in [0.717, 1.165) is 47.0 Å². The highest BCUT2D eigenvalue weighted by molar-refractivity contribution is 9.10. The Balaban J connectivity index is 1.58. The third kappa shape index (κ3) is 3.93. The maximum absolute atomic E-state index is 13.3. The molecule has 1 aliphatic carbocycles. The largest absolute Gasteiger partial charge is 0.322 e. The first-order valence-electron chi connectivity index (χ1n) is 9.91. The van der Waals surface area contributed by atoms with Gasteiger partial charge in [0.15, 0.2) is 0 Å². The van der Waals surface area contributed by atoms with E-state index in [1.165, 1.54) is 16.2 Å². The number of nitrogens with zero attached hydrogens (tertiary/aromatic N) is 1. The fourth-order valence-electron chi connectivity index (χ4n) is 3.93. The molecule has 5 nitrogen and oxygen atoms in total. The second-order valence-corrected chi connectivity index (χ2v) is 9.89. The lowest BCUT2D eigenvalue weighted by Gasteiger charge is -2.13. The summed E-state index contributed by atoms with van der Waals surface area (Å²) in [6.07, 6.45) is 3.91. The Morgan fingerprint density at radius 2 is 1.90 bits per heavy atom. The zero-order valence-corrected chi connectivity index (χ0v) is 19.5. The number of hydrogen-bond donors (Lipinski definition) is 2. The Morgan fingerprint density at radius 3 is 2.71 bits per heavy atom. The maximum atomic E-state index is 13.3. The van der Waals surface area contributed by atoms with Crippen molar-refractivity contribution >= 4 is 72.8 Å². The lowest BCUT2D eigenvalue weighted by Crippen LogP contribution is -2.16. The standard InChI is InChI=1S/C23H17BrClN3O2S/c24-12-5-10-17-16(11-12)20(22(30)27-17)28-23-19(15-3-1-2-4-18(15)31-23)21(29)26-14-8-6-13(25)7-9-14/h5-11H,1-4H2,(H,26,29)(H,27,28,30). The molecule has 0 bridgehead atoms. The number of carbonyl (C=O) groups excluding carboxylic acids is 2. The van der Waals surface area contributed by atoms with Crippen LogP contribution >= 0.6 is 38.9 Å². The molecule has 0 radical (unpaired) electrons. The number of hydrogen-bond acceptors (Lipinski definition) is 4. The smallest absolute Gasteiger partial charge is 0.275 e. The van der Waals surface area contributed by atoms with Gasteiger partial charge in [-0.3, -0.25) is 9.59 Å². The highest BCUT2D eigenvalue weighted by Gasteiger charge is 2.30. The third-order valence-electron chi connectivity index (χ3n) is 5.40. The molecule has 8 heteroatoms. The minimum atomic E-state index is -0.261. The number of benzene rings is 2. The van der Waals surface area contributed by atoms with Crippen LogP contribution in [0.15, 0.2) is 51.9 Å². The molecule has 2 amide bonds. The van der Waals surface area contributed by atoms with Gasteiger partial charge >= 0.3 is 0 Å². The zero-order valence-electron chi connectivity index (χ0n) is 16.3. The summed E-state index contributed by atoms with van der Waals surface area (Å²) in [6, 6.07) is 12.6. The van der Waals surface area contributed by atoms with Crippen molar-refractivity contribution in [3.63, 3.8) is 0 Å². The van der Waals surface area contributed by atoms with Gasteiger partial charge in [-0.25, -0.2) is 4.99 Å². The fourth-order valence-corrected chi connectivity index (χ4v) is 5.68. The van der Waals surface area contributed by atoms with Gasteiger partial charge < -0.3 is 10.6 Å². The average molecular weight is 515 g/mol. The molecule has 0 spiro atoms. The number of aryl methyl sites for hydroxylation is 1. The normalized spacial score (nSPS) is 16.1. The number of amides is 2. The van der Waals surface area contributed by atoms with Crippen LogP contribution in [0.2, 0.25) is 5.02 Å². The van der Waals surface area contributed by atoms with Crippen LogP contribution in [0.3, 0.4) is 0 Å². The highest BCUT2D eigenvalue weighted by Crippen LogP contribution is 2.41. The van der Waals surface area contributed by atoms with Crippen molar-refractivity contribution in [2.24, 2.45) is 4.99 Å². The van der Waals surface area contributed by atoms with Crippen LogP contribution < -0.4 is 10.6 Å². The van der Waals surface area contributed by atoms with Gasteiger partial charge in [0.25, 0.3) is 11.8 Å². The molecule has 0 saturated heterocycles. The van der Waals surface area contributed by atoms with Crippen molar-refractivity contribution in [1.29, 1.82) is 0 Å². The summed E-state index contributed by atoms with van der Waals surface area (Å²) in [5.41, 5.74) is 4.07. The molecule has 1 aromatic heterocycles. The molecule has 0 fully saturated rings. The van der Waals surface area contributed by atoms with Crippen molar-refractivity contribution in [1.82, 2.24) is 0 Å². The number of anilines is 2. The first-order valence-corrected chi connectivity index (χ1v) is 11.9. The van der Waals surface area contributed by atoms with E-state index in [9.17, 15) is 9.59 Å². The number of halogens is 2. The number of thiophene rings is 1. The summed E-state index contributed by atoms with van der Waals surface area (Å²) >= 11 is 10.9. The fraction of sp³-hybridized carbons (Fsp3) is 0.174. The van der Waals surface area contributed by atoms with Crippen molar-refractivity contribution in [2.45, 2.75) is 25.7 Å². The van der Waals surface area contributed by atoms with Crippen LogP contribution in [0.5, 0.6) is 0 Å². The second kappa shape index (κ2) is 8.22. The monoisotopic (exact) mass is 513 g/mol. The molecule has 156 valence electrons. The van der Waals surface area contributed by atoms with E-state index in [2.05, 4.69) is 26.6 Å². The van der Waals surface area contributed by atoms with Crippen molar-refractivity contribution in [2.75, 3.05) is 10.6 Å². The number of carbonyl (C=O) groups is 2. The minimum Gasteiger partial charge on any atom is -0.322 e. The van der Waals surface area contributed by atoms with Crippen LogP contribution in [0.1, 0.15) is 39.2 Å². The molecule has 0 saturated carbocycles. The summed E-state index contributed by atoms with van der Waals surface area (Å²) in [4.78, 5) is 31.8. The summed E-state index contributed by atoms with van der Waals surface area (Å²) in [5, 5.41) is 7.00. The Bertz CT molecular complexity index is 1250. The molecular weight excluding hydrogens is 498 g/mol. The van der Waals surface area contributed by atoms with E-state index >= 15 is 0 Å². The quantitative estimate of drug-likeness (QED) is 0.426. The van der Waals surface area contributed by atoms with E-state index in [0.29, 0.717) is 27.0 Å². The predicted molar refractivity (Wildman–Crippen MR) is 129 cm³/mol. The van der Waals surface area contributed by atoms with Gasteiger partial charge in [-0.05, 0) is 73.7 Å². The Hall–Kier alpha value is -2.48. The van der Waals surface area contributed by atoms with Gasteiger partial charge in [0.1, 0.15) is 10.7 Å². The Morgan fingerprint density at radius 1 is 1.13 bits per heavy atom. The number of fused-ring (bicyclic) bond motifs is 2. The summed E-state index contributed by atoms with van der Waals surface area (Å²) < 4.78 is 0.863. The van der Waals surface area contributed by atoms with E-state index in [-0.39, 0.29) is 11.8 Å². The topological polar surface area (TPSA) is 70.6 Å². The first-order chi connectivity index (χ1) is 15.0. The molecule has 1 aliphatic heterocycles. The van der Waals surface area contributed by atoms with Crippen LogP contribution in [0, 0.1) is 0 Å². The van der Waals surface area contributed by atoms with E-state index in [1.54, 1.807) is 24.3 Å². The number of rotatable bonds is 3.